The molecule has 1 fully saturated rings. The molecule has 21 heavy (non-hydrogen) atoms. The fourth-order valence-electron chi connectivity index (χ4n) is 2.56. The molecule has 2 unspecified atom stereocenters. The van der Waals surface area contributed by atoms with Crippen molar-refractivity contribution in [1.29, 1.82) is 0 Å². The second-order valence-corrected chi connectivity index (χ2v) is 8.08. The smallest absolute Gasteiger partial charge is 0.342 e. The van der Waals surface area contributed by atoms with Crippen molar-refractivity contribution in [2.75, 3.05) is 12.0 Å². The van der Waals surface area contributed by atoms with E-state index >= 15 is 0 Å². The van der Waals surface area contributed by atoms with Gasteiger partial charge in [0.1, 0.15) is 21.5 Å². The van der Waals surface area contributed by atoms with E-state index in [1.807, 2.05) is 0 Å². The highest BCUT2D eigenvalue weighted by Crippen LogP contribution is 2.29. The predicted octanol–water partition coefficient (Wildman–Crippen LogP) is 2.43. The van der Waals surface area contributed by atoms with Crippen LogP contribution in [0.5, 0.6) is 0 Å². The fraction of sp³-hybridized carbons (Fsp3) is 0.500. The summed E-state index contributed by atoms with van der Waals surface area (Å²) >= 11 is 5.97. The molecule has 0 spiro atoms. The van der Waals surface area contributed by atoms with Gasteiger partial charge in [0, 0.05) is 18.4 Å². The standard InChI is InChI=1S/C14H18ClNO4S/c1-21(18,19)10-5-2-4-9(8-10)20-14(17)13-11(15)6-3-7-12(13)16/h3,6-7,9-10H,2,4-5,8,16H2,1H3. The Bertz CT molecular complexity index is 624. The summed E-state index contributed by atoms with van der Waals surface area (Å²) in [6.45, 7) is 0. The maximum absolute atomic E-state index is 12.2. The summed E-state index contributed by atoms with van der Waals surface area (Å²) in [4.78, 5) is 12.2. The van der Waals surface area contributed by atoms with Crippen molar-refractivity contribution >= 4 is 33.1 Å². The zero-order valence-electron chi connectivity index (χ0n) is 11.7. The van der Waals surface area contributed by atoms with E-state index in [1.54, 1.807) is 18.2 Å². The van der Waals surface area contributed by atoms with Crippen LogP contribution in [0.15, 0.2) is 18.2 Å². The molecule has 0 aliphatic heterocycles. The van der Waals surface area contributed by atoms with E-state index in [1.165, 1.54) is 6.26 Å². The molecular formula is C14H18ClNO4S. The Kier molecular flexibility index (Phi) is 4.78. The van der Waals surface area contributed by atoms with Crippen molar-refractivity contribution in [1.82, 2.24) is 0 Å². The van der Waals surface area contributed by atoms with Crippen LogP contribution >= 0.6 is 11.6 Å². The van der Waals surface area contributed by atoms with Gasteiger partial charge in [-0.1, -0.05) is 17.7 Å². The monoisotopic (exact) mass is 331 g/mol. The Labute approximate surface area is 129 Å². The van der Waals surface area contributed by atoms with Crippen LogP contribution in [0.3, 0.4) is 0 Å². The molecule has 1 saturated carbocycles. The molecule has 0 bridgehead atoms. The maximum Gasteiger partial charge on any atom is 0.342 e. The number of ether oxygens (including phenoxy) is 1. The van der Waals surface area contributed by atoms with Crippen LogP contribution in [-0.2, 0) is 14.6 Å². The van der Waals surface area contributed by atoms with Gasteiger partial charge in [0.2, 0.25) is 0 Å². The molecule has 0 radical (unpaired) electrons. The minimum atomic E-state index is -3.12. The van der Waals surface area contributed by atoms with E-state index in [9.17, 15) is 13.2 Å². The molecule has 1 aromatic rings. The average Bonchev–Trinajstić information content (AvgIpc) is 2.37. The van der Waals surface area contributed by atoms with Gasteiger partial charge in [-0.25, -0.2) is 13.2 Å². The van der Waals surface area contributed by atoms with E-state index in [4.69, 9.17) is 22.1 Å². The lowest BCUT2D eigenvalue weighted by atomic mass is 9.97. The lowest BCUT2D eigenvalue weighted by Crippen LogP contribution is -2.33. The molecule has 0 amide bonds. The molecule has 7 heteroatoms. The quantitative estimate of drug-likeness (QED) is 0.679. The Morgan fingerprint density at radius 3 is 2.71 bits per heavy atom. The van der Waals surface area contributed by atoms with E-state index in [0.29, 0.717) is 25.7 Å². The summed E-state index contributed by atoms with van der Waals surface area (Å²) in [5.74, 6) is -0.600. The van der Waals surface area contributed by atoms with E-state index in [0.717, 1.165) is 0 Å². The summed E-state index contributed by atoms with van der Waals surface area (Å²) in [6, 6.07) is 4.78. The van der Waals surface area contributed by atoms with Gasteiger partial charge in [0.05, 0.1) is 10.3 Å². The van der Waals surface area contributed by atoms with Crippen LogP contribution in [0, 0.1) is 0 Å². The van der Waals surface area contributed by atoms with Crippen LogP contribution in [0.1, 0.15) is 36.0 Å². The second-order valence-electron chi connectivity index (χ2n) is 5.35. The third kappa shape index (κ3) is 3.89. The van der Waals surface area contributed by atoms with Gasteiger partial charge in [-0.2, -0.15) is 0 Å². The first kappa shape index (κ1) is 16.1. The first-order valence-corrected chi connectivity index (χ1v) is 9.06. The lowest BCUT2D eigenvalue weighted by Gasteiger charge is -2.28. The molecular weight excluding hydrogens is 314 g/mol. The number of hydrogen-bond acceptors (Lipinski definition) is 5. The van der Waals surface area contributed by atoms with Gasteiger partial charge in [0.15, 0.2) is 0 Å². The molecule has 5 nitrogen and oxygen atoms in total. The second kappa shape index (κ2) is 6.23. The van der Waals surface area contributed by atoms with Gasteiger partial charge >= 0.3 is 5.97 Å². The Morgan fingerprint density at radius 1 is 1.38 bits per heavy atom. The molecule has 0 heterocycles. The van der Waals surface area contributed by atoms with Crippen molar-refractivity contribution in [2.45, 2.75) is 37.0 Å². The SMILES string of the molecule is CS(=O)(=O)C1CCCC(OC(=O)c2c(N)cccc2Cl)C1. The highest BCUT2D eigenvalue weighted by molar-refractivity contribution is 7.91. The Balaban J connectivity index is 2.10. The van der Waals surface area contributed by atoms with Crippen LogP contribution < -0.4 is 5.73 Å². The van der Waals surface area contributed by atoms with Crippen LogP contribution in [0.4, 0.5) is 5.69 Å². The number of rotatable bonds is 3. The number of sulfone groups is 1. The number of carbonyl (C=O) groups excluding carboxylic acids is 1. The average molecular weight is 332 g/mol. The van der Waals surface area contributed by atoms with Crippen LogP contribution in [0.2, 0.25) is 5.02 Å². The van der Waals surface area contributed by atoms with Gasteiger partial charge in [-0.05, 0) is 31.4 Å². The topological polar surface area (TPSA) is 86.5 Å². The largest absolute Gasteiger partial charge is 0.459 e. The normalized spacial score (nSPS) is 22.8. The molecule has 0 saturated heterocycles. The maximum atomic E-state index is 12.2. The third-order valence-electron chi connectivity index (χ3n) is 3.71. The molecule has 1 aliphatic carbocycles. The van der Waals surface area contributed by atoms with Crippen LogP contribution in [0.25, 0.3) is 0 Å². The van der Waals surface area contributed by atoms with Crippen molar-refractivity contribution < 1.29 is 17.9 Å². The molecule has 2 N–H and O–H groups in total. The summed E-state index contributed by atoms with van der Waals surface area (Å²) in [7, 11) is -3.12. The number of hydrogen-bond donors (Lipinski definition) is 1. The molecule has 1 aromatic carbocycles. The number of esters is 1. The number of halogens is 1. The number of nitrogen functional groups attached to an aromatic ring is 1. The Hall–Kier alpha value is -1.27. The molecule has 2 rings (SSSR count). The predicted molar refractivity (Wildman–Crippen MR) is 82.2 cm³/mol. The van der Waals surface area contributed by atoms with E-state index in [-0.39, 0.29) is 16.3 Å². The van der Waals surface area contributed by atoms with Gasteiger partial charge in [-0.3, -0.25) is 0 Å². The first-order valence-electron chi connectivity index (χ1n) is 6.73. The minimum Gasteiger partial charge on any atom is -0.459 e. The van der Waals surface area contributed by atoms with Crippen molar-refractivity contribution in [3.8, 4) is 0 Å². The number of nitrogens with two attached hydrogens (primary N) is 1. The van der Waals surface area contributed by atoms with Crippen LogP contribution in [-0.4, -0.2) is 32.0 Å². The molecule has 2 atom stereocenters. The summed E-state index contributed by atoms with van der Waals surface area (Å²) in [5, 5.41) is -0.219. The van der Waals surface area contributed by atoms with Gasteiger partial charge in [0.25, 0.3) is 0 Å². The highest BCUT2D eigenvalue weighted by atomic mass is 35.5. The van der Waals surface area contributed by atoms with E-state index in [2.05, 4.69) is 0 Å². The van der Waals surface area contributed by atoms with Gasteiger partial charge in [-0.15, -0.1) is 0 Å². The third-order valence-corrected chi connectivity index (χ3v) is 5.66. The van der Waals surface area contributed by atoms with E-state index < -0.39 is 27.2 Å². The highest BCUT2D eigenvalue weighted by Gasteiger charge is 2.31. The zero-order chi connectivity index (χ0) is 15.6. The number of benzene rings is 1. The number of carbonyl (C=O) groups is 1. The molecule has 0 aromatic heterocycles. The fourth-order valence-corrected chi connectivity index (χ4v) is 3.98. The van der Waals surface area contributed by atoms with Gasteiger partial charge < -0.3 is 10.5 Å². The van der Waals surface area contributed by atoms with Crippen molar-refractivity contribution in [2.24, 2.45) is 0 Å². The molecule has 116 valence electrons. The first-order chi connectivity index (χ1) is 9.79. The van der Waals surface area contributed by atoms with Crippen molar-refractivity contribution in [3.63, 3.8) is 0 Å². The minimum absolute atomic E-state index is 0.139. The summed E-state index contributed by atoms with van der Waals surface area (Å²) in [6.07, 6.45) is 3.11. The molecule has 1 aliphatic rings. The van der Waals surface area contributed by atoms with Crippen molar-refractivity contribution in [3.05, 3.63) is 28.8 Å². The lowest BCUT2D eigenvalue weighted by molar-refractivity contribution is 0.0216. The Morgan fingerprint density at radius 2 is 2.10 bits per heavy atom. The number of anilines is 1. The summed E-state index contributed by atoms with van der Waals surface area (Å²) < 4.78 is 28.6. The summed E-state index contributed by atoms with van der Waals surface area (Å²) in [5.41, 5.74) is 6.14. The zero-order valence-corrected chi connectivity index (χ0v) is 13.3.